The normalized spacial score (nSPS) is 11.2. The van der Waals surface area contributed by atoms with E-state index in [4.69, 9.17) is 0 Å². The number of rotatable bonds is 8. The van der Waals surface area contributed by atoms with Crippen LogP contribution in [0.1, 0.15) is 20.3 Å². The lowest BCUT2D eigenvalue weighted by Crippen LogP contribution is -2.17. The smallest absolute Gasteiger partial charge is 0.151 e. The van der Waals surface area contributed by atoms with E-state index in [0.717, 1.165) is 24.5 Å². The molecule has 0 spiro atoms. The van der Waals surface area contributed by atoms with Gasteiger partial charge in [0.2, 0.25) is 0 Å². The fourth-order valence-corrected chi connectivity index (χ4v) is 2.09. The van der Waals surface area contributed by atoms with Gasteiger partial charge in [0.05, 0.1) is 5.75 Å². The summed E-state index contributed by atoms with van der Waals surface area (Å²) in [7, 11) is -2.91. The molecule has 0 radical (unpaired) electrons. The van der Waals surface area contributed by atoms with Gasteiger partial charge in [0, 0.05) is 36.8 Å². The SMILES string of the molecule is CCCNc1cc(NCCS(=O)(=O)CC)ccn1. The van der Waals surface area contributed by atoms with E-state index in [-0.39, 0.29) is 11.5 Å². The second kappa shape index (κ2) is 7.20. The molecule has 1 heterocycles. The van der Waals surface area contributed by atoms with Gasteiger partial charge in [-0.15, -0.1) is 0 Å². The first-order valence-corrected chi connectivity index (χ1v) is 8.03. The molecule has 0 unspecified atom stereocenters. The minimum absolute atomic E-state index is 0.156. The molecule has 0 amide bonds. The highest BCUT2D eigenvalue weighted by molar-refractivity contribution is 7.91. The summed E-state index contributed by atoms with van der Waals surface area (Å²) in [6.07, 6.45) is 2.74. The van der Waals surface area contributed by atoms with Crippen LogP contribution in [0.5, 0.6) is 0 Å². The second-order valence-electron chi connectivity index (χ2n) is 4.02. The highest BCUT2D eigenvalue weighted by Crippen LogP contribution is 2.11. The number of hydrogen-bond donors (Lipinski definition) is 2. The molecule has 1 aromatic rings. The average Bonchev–Trinajstić information content (AvgIpc) is 2.37. The summed E-state index contributed by atoms with van der Waals surface area (Å²) in [6, 6.07) is 3.71. The molecular weight excluding hydrogens is 250 g/mol. The Balaban J connectivity index is 2.47. The summed E-state index contributed by atoms with van der Waals surface area (Å²) in [5.41, 5.74) is 0.884. The molecule has 0 fully saturated rings. The van der Waals surface area contributed by atoms with Crippen LogP contribution in [-0.2, 0) is 9.84 Å². The number of pyridine rings is 1. The number of sulfone groups is 1. The zero-order chi connectivity index (χ0) is 13.4. The maximum atomic E-state index is 11.3. The van der Waals surface area contributed by atoms with E-state index in [1.54, 1.807) is 13.1 Å². The van der Waals surface area contributed by atoms with Crippen molar-refractivity contribution in [2.24, 2.45) is 0 Å². The van der Waals surface area contributed by atoms with Gasteiger partial charge >= 0.3 is 0 Å². The Morgan fingerprint density at radius 1 is 1.22 bits per heavy atom. The molecular formula is C12H21N3O2S. The van der Waals surface area contributed by atoms with Crippen molar-refractivity contribution < 1.29 is 8.42 Å². The van der Waals surface area contributed by atoms with Crippen molar-refractivity contribution in [2.45, 2.75) is 20.3 Å². The van der Waals surface area contributed by atoms with E-state index in [0.29, 0.717) is 6.54 Å². The summed E-state index contributed by atoms with van der Waals surface area (Å²) in [4.78, 5) is 4.18. The monoisotopic (exact) mass is 271 g/mol. The lowest BCUT2D eigenvalue weighted by molar-refractivity contribution is 0.597. The lowest BCUT2D eigenvalue weighted by atomic mass is 10.3. The number of nitrogens with one attached hydrogen (secondary N) is 2. The maximum Gasteiger partial charge on any atom is 0.151 e. The van der Waals surface area contributed by atoms with Crippen molar-refractivity contribution in [2.75, 3.05) is 35.2 Å². The van der Waals surface area contributed by atoms with E-state index in [2.05, 4.69) is 22.5 Å². The van der Waals surface area contributed by atoms with Gasteiger partial charge in [0.25, 0.3) is 0 Å². The molecule has 0 aromatic carbocycles. The average molecular weight is 271 g/mol. The second-order valence-corrected chi connectivity index (χ2v) is 6.49. The lowest BCUT2D eigenvalue weighted by Gasteiger charge is -2.08. The van der Waals surface area contributed by atoms with Gasteiger partial charge in [-0.2, -0.15) is 0 Å². The van der Waals surface area contributed by atoms with Crippen LogP contribution in [-0.4, -0.2) is 38.0 Å². The summed E-state index contributed by atoms with van der Waals surface area (Å²) in [6.45, 7) is 5.05. The summed E-state index contributed by atoms with van der Waals surface area (Å²) in [5.74, 6) is 1.15. The van der Waals surface area contributed by atoms with Gasteiger partial charge < -0.3 is 10.6 Å². The van der Waals surface area contributed by atoms with E-state index < -0.39 is 9.84 Å². The van der Waals surface area contributed by atoms with E-state index in [1.165, 1.54) is 0 Å². The number of anilines is 2. The van der Waals surface area contributed by atoms with Crippen LogP contribution >= 0.6 is 0 Å². The number of nitrogens with zero attached hydrogens (tertiary/aromatic N) is 1. The van der Waals surface area contributed by atoms with Crippen LogP contribution in [0.2, 0.25) is 0 Å². The quantitative estimate of drug-likeness (QED) is 0.753. The molecule has 1 rings (SSSR count). The van der Waals surface area contributed by atoms with Crippen LogP contribution in [0.15, 0.2) is 18.3 Å². The molecule has 0 aliphatic carbocycles. The molecule has 1 aromatic heterocycles. The van der Waals surface area contributed by atoms with Crippen molar-refractivity contribution in [3.05, 3.63) is 18.3 Å². The zero-order valence-electron chi connectivity index (χ0n) is 10.9. The molecule has 0 bridgehead atoms. The molecule has 0 aliphatic rings. The largest absolute Gasteiger partial charge is 0.384 e. The van der Waals surface area contributed by atoms with Crippen LogP contribution in [0.3, 0.4) is 0 Å². The Labute approximate surface area is 109 Å². The maximum absolute atomic E-state index is 11.3. The molecule has 5 nitrogen and oxygen atoms in total. The Bertz CT molecular complexity index is 460. The van der Waals surface area contributed by atoms with Gasteiger partial charge in [-0.25, -0.2) is 13.4 Å². The first kappa shape index (κ1) is 14.8. The van der Waals surface area contributed by atoms with Crippen molar-refractivity contribution in [1.29, 1.82) is 0 Å². The molecule has 0 aliphatic heterocycles. The summed E-state index contributed by atoms with van der Waals surface area (Å²) >= 11 is 0. The number of aromatic nitrogens is 1. The van der Waals surface area contributed by atoms with Gasteiger partial charge in [0.1, 0.15) is 5.82 Å². The predicted molar refractivity (Wildman–Crippen MR) is 75.8 cm³/mol. The predicted octanol–water partition coefficient (Wildman–Crippen LogP) is 1.75. The molecule has 0 saturated carbocycles. The Kier molecular flexibility index (Phi) is 5.91. The van der Waals surface area contributed by atoms with E-state index in [9.17, 15) is 8.42 Å². The Hall–Kier alpha value is -1.30. The van der Waals surface area contributed by atoms with E-state index in [1.807, 2.05) is 12.1 Å². The van der Waals surface area contributed by atoms with Crippen molar-refractivity contribution >= 4 is 21.3 Å². The van der Waals surface area contributed by atoms with Gasteiger partial charge in [0.15, 0.2) is 9.84 Å². The third-order valence-corrected chi connectivity index (χ3v) is 4.20. The van der Waals surface area contributed by atoms with Crippen molar-refractivity contribution in [3.8, 4) is 0 Å². The highest BCUT2D eigenvalue weighted by Gasteiger charge is 2.06. The first-order chi connectivity index (χ1) is 8.57. The third-order valence-electron chi connectivity index (χ3n) is 2.50. The van der Waals surface area contributed by atoms with Gasteiger partial charge in [-0.1, -0.05) is 13.8 Å². The summed E-state index contributed by atoms with van der Waals surface area (Å²) in [5, 5.41) is 6.28. The molecule has 18 heavy (non-hydrogen) atoms. The Morgan fingerprint density at radius 2 is 2.00 bits per heavy atom. The molecule has 0 saturated heterocycles. The summed E-state index contributed by atoms with van der Waals surface area (Å²) < 4.78 is 22.7. The molecule has 102 valence electrons. The first-order valence-electron chi connectivity index (χ1n) is 6.21. The third kappa shape index (κ3) is 5.35. The van der Waals surface area contributed by atoms with Crippen LogP contribution < -0.4 is 10.6 Å². The highest BCUT2D eigenvalue weighted by atomic mass is 32.2. The standard InChI is InChI=1S/C12H21N3O2S/c1-3-6-14-12-10-11(5-7-15-12)13-8-9-18(16,17)4-2/h5,7,10H,3-4,6,8-9H2,1-2H3,(H2,13,14,15). The van der Waals surface area contributed by atoms with Crippen molar-refractivity contribution in [3.63, 3.8) is 0 Å². The Morgan fingerprint density at radius 3 is 2.67 bits per heavy atom. The van der Waals surface area contributed by atoms with E-state index >= 15 is 0 Å². The minimum atomic E-state index is -2.91. The van der Waals surface area contributed by atoms with Gasteiger partial charge in [-0.05, 0) is 12.5 Å². The van der Waals surface area contributed by atoms with Crippen LogP contribution in [0.4, 0.5) is 11.5 Å². The molecule has 2 N–H and O–H groups in total. The van der Waals surface area contributed by atoms with Gasteiger partial charge in [-0.3, -0.25) is 0 Å². The molecule has 0 atom stereocenters. The van der Waals surface area contributed by atoms with Crippen LogP contribution in [0.25, 0.3) is 0 Å². The fourth-order valence-electron chi connectivity index (χ4n) is 1.39. The zero-order valence-corrected chi connectivity index (χ0v) is 11.8. The fraction of sp³-hybridized carbons (Fsp3) is 0.583. The van der Waals surface area contributed by atoms with Crippen molar-refractivity contribution in [1.82, 2.24) is 4.98 Å². The minimum Gasteiger partial charge on any atom is -0.384 e. The van der Waals surface area contributed by atoms with Crippen LogP contribution in [0, 0.1) is 0 Å². The topological polar surface area (TPSA) is 71.1 Å². The number of hydrogen-bond acceptors (Lipinski definition) is 5. The molecule has 6 heteroatoms.